The predicted molar refractivity (Wildman–Crippen MR) is 89.5 cm³/mol. The van der Waals surface area contributed by atoms with Crippen molar-refractivity contribution in [2.45, 2.75) is 20.8 Å². The van der Waals surface area contributed by atoms with Crippen LogP contribution in [0.2, 0.25) is 0 Å². The van der Waals surface area contributed by atoms with Crippen LogP contribution in [0.5, 0.6) is 5.75 Å². The van der Waals surface area contributed by atoms with Gasteiger partial charge < -0.3 is 20.3 Å². The molecule has 0 radical (unpaired) electrons. The fourth-order valence-electron chi connectivity index (χ4n) is 2.28. The summed E-state index contributed by atoms with van der Waals surface area (Å²) in [5, 5.41) is 5.63. The molecular weight excluding hydrogens is 294 g/mol. The van der Waals surface area contributed by atoms with E-state index in [1.54, 1.807) is 4.90 Å². The van der Waals surface area contributed by atoms with Gasteiger partial charge in [0.1, 0.15) is 5.75 Å². The fraction of sp³-hybridized carbons (Fsp3) is 0.529. The third kappa shape index (κ3) is 4.61. The van der Waals surface area contributed by atoms with Crippen molar-refractivity contribution < 1.29 is 14.3 Å². The topological polar surface area (TPSA) is 70.7 Å². The molecule has 1 fully saturated rings. The maximum atomic E-state index is 12.2. The SMILES string of the molecule is CCNC(=O)C1CN(C(=O)Nc2ccccc2OCC(C)C)C1. The van der Waals surface area contributed by atoms with Crippen LogP contribution in [0.15, 0.2) is 24.3 Å². The molecule has 0 saturated carbocycles. The average Bonchev–Trinajstić information content (AvgIpc) is 2.45. The second kappa shape index (κ2) is 7.85. The lowest BCUT2D eigenvalue weighted by Crippen LogP contribution is -2.56. The van der Waals surface area contributed by atoms with Crippen LogP contribution >= 0.6 is 0 Å². The minimum atomic E-state index is -0.203. The number of hydrogen-bond donors (Lipinski definition) is 2. The first-order valence-corrected chi connectivity index (χ1v) is 8.06. The highest BCUT2D eigenvalue weighted by Gasteiger charge is 2.35. The number of hydrogen-bond acceptors (Lipinski definition) is 3. The van der Waals surface area contributed by atoms with E-state index in [2.05, 4.69) is 24.5 Å². The van der Waals surface area contributed by atoms with Crippen LogP contribution in [0.25, 0.3) is 0 Å². The first-order chi connectivity index (χ1) is 11.0. The summed E-state index contributed by atoms with van der Waals surface area (Å²) >= 11 is 0. The smallest absolute Gasteiger partial charge is 0.321 e. The summed E-state index contributed by atoms with van der Waals surface area (Å²) in [6.07, 6.45) is 0. The Hall–Kier alpha value is -2.24. The molecule has 1 aliphatic rings. The molecule has 0 unspecified atom stereocenters. The maximum Gasteiger partial charge on any atom is 0.321 e. The van der Waals surface area contributed by atoms with Crippen molar-refractivity contribution in [1.29, 1.82) is 0 Å². The molecule has 3 amide bonds. The minimum absolute atomic E-state index is 0.0113. The molecule has 1 aliphatic heterocycles. The Bertz CT molecular complexity index is 554. The van der Waals surface area contributed by atoms with E-state index in [1.807, 2.05) is 31.2 Å². The van der Waals surface area contributed by atoms with Gasteiger partial charge in [-0.1, -0.05) is 26.0 Å². The normalized spacial score (nSPS) is 14.3. The summed E-state index contributed by atoms with van der Waals surface area (Å²) in [4.78, 5) is 25.5. The average molecular weight is 319 g/mol. The van der Waals surface area contributed by atoms with E-state index in [1.165, 1.54) is 0 Å². The molecule has 0 aliphatic carbocycles. The number of likely N-dealkylation sites (tertiary alicyclic amines) is 1. The molecule has 0 bridgehead atoms. The lowest BCUT2D eigenvalue weighted by atomic mass is 10.00. The third-order valence-electron chi connectivity index (χ3n) is 3.59. The number of rotatable bonds is 6. The van der Waals surface area contributed by atoms with Crippen molar-refractivity contribution in [3.8, 4) is 5.75 Å². The fourth-order valence-corrected chi connectivity index (χ4v) is 2.28. The van der Waals surface area contributed by atoms with Crippen molar-refractivity contribution in [3.63, 3.8) is 0 Å². The van der Waals surface area contributed by atoms with Crippen molar-refractivity contribution in [2.24, 2.45) is 11.8 Å². The number of carbonyl (C=O) groups is 2. The van der Waals surface area contributed by atoms with Crippen molar-refractivity contribution in [1.82, 2.24) is 10.2 Å². The molecule has 0 atom stereocenters. The number of carbonyl (C=O) groups excluding carboxylic acids is 2. The van der Waals surface area contributed by atoms with E-state index in [4.69, 9.17) is 4.74 Å². The number of nitrogens with zero attached hydrogens (tertiary/aromatic N) is 1. The van der Waals surface area contributed by atoms with Gasteiger partial charge in [0.15, 0.2) is 0 Å². The summed E-state index contributed by atoms with van der Waals surface area (Å²) < 4.78 is 5.72. The molecule has 1 heterocycles. The number of urea groups is 1. The molecule has 6 heteroatoms. The van der Waals surface area contributed by atoms with E-state index in [9.17, 15) is 9.59 Å². The minimum Gasteiger partial charge on any atom is -0.491 e. The Kier molecular flexibility index (Phi) is 5.84. The highest BCUT2D eigenvalue weighted by molar-refractivity contribution is 5.93. The van der Waals surface area contributed by atoms with Crippen LogP contribution in [0.3, 0.4) is 0 Å². The molecule has 0 aromatic heterocycles. The molecule has 0 spiro atoms. The maximum absolute atomic E-state index is 12.2. The number of para-hydroxylation sites is 2. The lowest BCUT2D eigenvalue weighted by Gasteiger charge is -2.38. The standard InChI is InChI=1S/C17H25N3O3/c1-4-18-16(21)13-9-20(10-13)17(22)19-14-7-5-6-8-15(14)23-11-12(2)3/h5-8,12-13H,4,9-11H2,1-3H3,(H,18,21)(H,19,22). The summed E-state index contributed by atoms with van der Waals surface area (Å²) in [6.45, 7) is 8.14. The Labute approximate surface area is 137 Å². The zero-order valence-electron chi connectivity index (χ0n) is 14.0. The zero-order valence-corrected chi connectivity index (χ0v) is 14.0. The van der Waals surface area contributed by atoms with E-state index in [0.717, 1.165) is 0 Å². The summed E-state index contributed by atoms with van der Waals surface area (Å²) in [5.74, 6) is 0.979. The van der Waals surface area contributed by atoms with Gasteiger partial charge in [0, 0.05) is 19.6 Å². The van der Waals surface area contributed by atoms with Crippen LogP contribution in [0.1, 0.15) is 20.8 Å². The van der Waals surface area contributed by atoms with Gasteiger partial charge in [0.25, 0.3) is 0 Å². The van der Waals surface area contributed by atoms with E-state index in [0.29, 0.717) is 43.6 Å². The number of amides is 3. The van der Waals surface area contributed by atoms with E-state index < -0.39 is 0 Å². The molecule has 2 rings (SSSR count). The highest BCUT2D eigenvalue weighted by atomic mass is 16.5. The summed E-state index contributed by atoms with van der Waals surface area (Å²) in [6, 6.07) is 7.18. The lowest BCUT2D eigenvalue weighted by molar-refractivity contribution is -0.128. The second-order valence-electron chi connectivity index (χ2n) is 6.13. The molecule has 23 heavy (non-hydrogen) atoms. The van der Waals surface area contributed by atoms with Crippen LogP contribution in [0, 0.1) is 11.8 Å². The van der Waals surface area contributed by atoms with Gasteiger partial charge in [0.05, 0.1) is 18.2 Å². The largest absolute Gasteiger partial charge is 0.491 e. The van der Waals surface area contributed by atoms with Gasteiger partial charge in [-0.2, -0.15) is 0 Å². The Balaban J connectivity index is 1.88. The predicted octanol–water partition coefficient (Wildman–Crippen LogP) is 2.32. The number of ether oxygens (including phenoxy) is 1. The van der Waals surface area contributed by atoms with Crippen molar-refractivity contribution in [2.75, 3.05) is 31.6 Å². The van der Waals surface area contributed by atoms with Crippen molar-refractivity contribution in [3.05, 3.63) is 24.3 Å². The number of anilines is 1. The van der Waals surface area contributed by atoms with Crippen LogP contribution in [-0.4, -0.2) is 43.1 Å². The first kappa shape index (κ1) is 17.1. The van der Waals surface area contributed by atoms with E-state index >= 15 is 0 Å². The highest BCUT2D eigenvalue weighted by Crippen LogP contribution is 2.26. The molecule has 1 aromatic carbocycles. The first-order valence-electron chi connectivity index (χ1n) is 8.06. The molecule has 1 saturated heterocycles. The van der Waals surface area contributed by atoms with Gasteiger partial charge in [-0.25, -0.2) is 4.79 Å². The monoisotopic (exact) mass is 319 g/mol. The van der Waals surface area contributed by atoms with Gasteiger partial charge >= 0.3 is 6.03 Å². The quantitative estimate of drug-likeness (QED) is 0.845. The van der Waals surface area contributed by atoms with Gasteiger partial charge in [-0.15, -0.1) is 0 Å². The van der Waals surface area contributed by atoms with Gasteiger partial charge in [-0.05, 0) is 25.0 Å². The third-order valence-corrected chi connectivity index (χ3v) is 3.59. The molecule has 126 valence electrons. The summed E-state index contributed by atoms with van der Waals surface area (Å²) in [7, 11) is 0. The zero-order chi connectivity index (χ0) is 16.8. The number of benzene rings is 1. The Morgan fingerprint density at radius 1 is 1.30 bits per heavy atom. The summed E-state index contributed by atoms with van der Waals surface area (Å²) in [5.41, 5.74) is 0.652. The van der Waals surface area contributed by atoms with E-state index in [-0.39, 0.29) is 17.9 Å². The van der Waals surface area contributed by atoms with Crippen LogP contribution < -0.4 is 15.4 Å². The van der Waals surface area contributed by atoms with Gasteiger partial charge in [-0.3, -0.25) is 4.79 Å². The van der Waals surface area contributed by atoms with Crippen LogP contribution in [0.4, 0.5) is 10.5 Å². The Morgan fingerprint density at radius 2 is 2.00 bits per heavy atom. The van der Waals surface area contributed by atoms with Gasteiger partial charge in [0.2, 0.25) is 5.91 Å². The second-order valence-corrected chi connectivity index (χ2v) is 6.13. The number of nitrogens with one attached hydrogen (secondary N) is 2. The molecular formula is C17H25N3O3. The van der Waals surface area contributed by atoms with Crippen LogP contribution in [-0.2, 0) is 4.79 Å². The molecule has 1 aromatic rings. The molecule has 6 nitrogen and oxygen atoms in total. The molecule has 2 N–H and O–H groups in total. The Morgan fingerprint density at radius 3 is 2.65 bits per heavy atom. The van der Waals surface area contributed by atoms with Crippen molar-refractivity contribution >= 4 is 17.6 Å².